The van der Waals surface area contributed by atoms with Crippen LogP contribution in [0.5, 0.6) is 0 Å². The molecule has 2 aliphatic rings. The van der Waals surface area contributed by atoms with Crippen molar-refractivity contribution in [2.75, 3.05) is 65.8 Å². The van der Waals surface area contributed by atoms with Crippen molar-refractivity contribution in [3.8, 4) is 0 Å². The van der Waals surface area contributed by atoms with Crippen molar-refractivity contribution in [1.82, 2.24) is 47.0 Å². The highest BCUT2D eigenvalue weighted by molar-refractivity contribution is 6.13. The summed E-state index contributed by atoms with van der Waals surface area (Å²) in [7, 11) is 0. The Hall–Kier alpha value is -5.21. The van der Waals surface area contributed by atoms with Crippen LogP contribution >= 0.6 is 0 Å². The Balaban J connectivity index is 1.91. The second kappa shape index (κ2) is 24.9. The normalized spacial score (nSPS) is 14.7. The molecule has 0 aliphatic carbocycles. The molecule has 2 aliphatic heterocycles. The second-order valence-electron chi connectivity index (χ2n) is 11.6. The first kappa shape index (κ1) is 44.0. The predicted octanol–water partition coefficient (Wildman–Crippen LogP) is -2.74. The van der Waals surface area contributed by atoms with Crippen LogP contribution in [-0.4, -0.2) is 141 Å². The number of nitrogens with one attached hydrogen (secondary N) is 7. The zero-order chi connectivity index (χ0) is 39.0. The van der Waals surface area contributed by atoms with E-state index in [1.54, 1.807) is 6.92 Å². The SMILES string of the molecule is CCOCNCCCCC(NC(=O)OCC)C(=O)NC(CC(=O)NCCNC(=O)CCN1C(=O)C=CC1=O)NCCNC(=O)CCN1C(=O)C=CC1=O. The molecule has 20 nitrogen and oxygen atoms in total. The van der Waals surface area contributed by atoms with Gasteiger partial charge in [-0.2, -0.15) is 0 Å². The van der Waals surface area contributed by atoms with Crippen LogP contribution < -0.4 is 37.2 Å². The van der Waals surface area contributed by atoms with E-state index in [0.717, 1.165) is 34.1 Å². The Morgan fingerprint density at radius 3 is 1.72 bits per heavy atom. The third-order valence-corrected chi connectivity index (χ3v) is 7.63. The number of alkyl carbamates (subject to hydrolysis) is 1. The molecule has 0 radical (unpaired) electrons. The second-order valence-corrected chi connectivity index (χ2v) is 11.6. The van der Waals surface area contributed by atoms with Crippen LogP contribution in [0.1, 0.15) is 52.4 Å². The summed E-state index contributed by atoms with van der Waals surface area (Å²) in [5, 5.41) is 19.3. The Kier molecular flexibility index (Phi) is 20.6. The van der Waals surface area contributed by atoms with Crippen LogP contribution in [0.4, 0.5) is 4.79 Å². The third kappa shape index (κ3) is 17.7. The molecule has 0 saturated carbocycles. The molecule has 0 spiro atoms. The van der Waals surface area contributed by atoms with E-state index in [4.69, 9.17) is 9.47 Å². The lowest BCUT2D eigenvalue weighted by atomic mass is 10.1. The maximum absolute atomic E-state index is 13.4. The summed E-state index contributed by atoms with van der Waals surface area (Å²) < 4.78 is 10.2. The molecule has 0 fully saturated rings. The van der Waals surface area contributed by atoms with E-state index in [2.05, 4.69) is 37.2 Å². The highest BCUT2D eigenvalue weighted by atomic mass is 16.5. The molecule has 53 heavy (non-hydrogen) atoms. The van der Waals surface area contributed by atoms with E-state index in [1.807, 2.05) is 6.92 Å². The topological polar surface area (TPSA) is 263 Å². The van der Waals surface area contributed by atoms with Gasteiger partial charge in [-0.3, -0.25) is 58.8 Å². The van der Waals surface area contributed by atoms with E-state index in [-0.39, 0.29) is 71.6 Å². The smallest absolute Gasteiger partial charge is 0.407 e. The predicted molar refractivity (Wildman–Crippen MR) is 187 cm³/mol. The lowest BCUT2D eigenvalue weighted by Gasteiger charge is -2.24. The molecular weight excluding hydrogens is 698 g/mol. The number of hydrogen-bond acceptors (Lipinski definition) is 13. The molecule has 0 aromatic rings. The quantitative estimate of drug-likeness (QED) is 0.0256. The van der Waals surface area contributed by atoms with Crippen molar-refractivity contribution in [3.05, 3.63) is 24.3 Å². The van der Waals surface area contributed by atoms with Crippen molar-refractivity contribution in [2.24, 2.45) is 0 Å². The summed E-state index contributed by atoms with van der Waals surface area (Å²) >= 11 is 0. The van der Waals surface area contributed by atoms with Crippen molar-refractivity contribution < 1.29 is 52.6 Å². The van der Waals surface area contributed by atoms with E-state index < -0.39 is 65.6 Å². The van der Waals surface area contributed by atoms with Crippen molar-refractivity contribution in [1.29, 1.82) is 0 Å². The van der Waals surface area contributed by atoms with Crippen molar-refractivity contribution in [2.45, 2.75) is 64.6 Å². The average molecular weight is 750 g/mol. The Morgan fingerprint density at radius 2 is 1.19 bits per heavy atom. The number of imide groups is 2. The van der Waals surface area contributed by atoms with Gasteiger partial charge in [0.2, 0.25) is 23.6 Å². The van der Waals surface area contributed by atoms with Crippen molar-refractivity contribution >= 4 is 53.4 Å². The van der Waals surface area contributed by atoms with Crippen LogP contribution in [0.3, 0.4) is 0 Å². The zero-order valence-electron chi connectivity index (χ0n) is 30.2. The highest BCUT2D eigenvalue weighted by Gasteiger charge is 2.26. The lowest BCUT2D eigenvalue weighted by Crippen LogP contribution is -2.55. The van der Waals surface area contributed by atoms with Gasteiger partial charge in [0, 0.05) is 83.0 Å². The zero-order valence-corrected chi connectivity index (χ0v) is 30.2. The largest absolute Gasteiger partial charge is 0.450 e. The number of carbonyl (C=O) groups excluding carboxylic acids is 9. The maximum Gasteiger partial charge on any atom is 0.407 e. The lowest BCUT2D eigenvalue weighted by molar-refractivity contribution is -0.139. The molecule has 2 atom stereocenters. The first-order valence-corrected chi connectivity index (χ1v) is 17.6. The van der Waals surface area contributed by atoms with Crippen LogP contribution in [0, 0.1) is 0 Å². The molecule has 2 unspecified atom stereocenters. The number of unbranched alkanes of at least 4 members (excludes halogenated alkanes) is 1. The first-order valence-electron chi connectivity index (χ1n) is 17.6. The molecule has 2 rings (SSSR count). The van der Waals surface area contributed by atoms with Gasteiger partial charge in [0.05, 0.1) is 25.9 Å². The van der Waals surface area contributed by atoms with E-state index in [1.165, 1.54) is 0 Å². The molecule has 294 valence electrons. The monoisotopic (exact) mass is 749 g/mol. The summed E-state index contributed by atoms with van der Waals surface area (Å²) in [6.45, 7) is 5.27. The first-order chi connectivity index (χ1) is 25.4. The molecule has 9 amide bonds. The fraction of sp³-hybridized carbons (Fsp3) is 0.606. The van der Waals surface area contributed by atoms with E-state index in [9.17, 15) is 43.2 Å². The fourth-order valence-corrected chi connectivity index (χ4v) is 4.89. The number of rotatable bonds is 27. The average Bonchev–Trinajstić information content (AvgIpc) is 3.62. The van der Waals surface area contributed by atoms with Gasteiger partial charge >= 0.3 is 6.09 Å². The summed E-state index contributed by atoms with van der Waals surface area (Å²) in [5.74, 6) is -3.92. The minimum Gasteiger partial charge on any atom is -0.450 e. The molecule has 20 heteroatoms. The minimum absolute atomic E-state index is 0.0341. The molecular formula is C33H51N9O11. The van der Waals surface area contributed by atoms with Crippen LogP contribution in [0.25, 0.3) is 0 Å². The van der Waals surface area contributed by atoms with Gasteiger partial charge in [-0.05, 0) is 39.7 Å². The summed E-state index contributed by atoms with van der Waals surface area (Å²) in [6.07, 6.45) is 3.79. The summed E-state index contributed by atoms with van der Waals surface area (Å²) in [5.41, 5.74) is 0. The van der Waals surface area contributed by atoms with Crippen LogP contribution in [-0.2, 0) is 47.8 Å². The third-order valence-electron chi connectivity index (χ3n) is 7.63. The van der Waals surface area contributed by atoms with Gasteiger partial charge in [0.25, 0.3) is 23.6 Å². The minimum atomic E-state index is -0.990. The maximum atomic E-state index is 13.4. The van der Waals surface area contributed by atoms with Gasteiger partial charge in [-0.15, -0.1) is 0 Å². The molecule has 0 aromatic carbocycles. The Morgan fingerprint density at radius 1 is 0.660 bits per heavy atom. The molecule has 7 N–H and O–H groups in total. The molecule has 0 saturated heterocycles. The standard InChI is InChI=1S/C33H51N9O11/c1-3-52-22-34-14-6-5-7-23(39-33(51)53-4-2)32(50)40-24(35-15-16-36-25(43)12-19-41-28(46)8-9-29(41)47)21-27(45)38-18-17-37-26(44)13-20-42-30(48)10-11-31(42)49/h8-11,23-24,34-35H,3-7,12-22H2,1-2H3,(H,36,43)(H,37,44)(H,38,45)(H,39,51)(H,40,50). The number of carbonyl (C=O) groups is 9. The van der Waals surface area contributed by atoms with E-state index in [0.29, 0.717) is 32.7 Å². The van der Waals surface area contributed by atoms with Crippen LogP contribution in [0.2, 0.25) is 0 Å². The van der Waals surface area contributed by atoms with Crippen LogP contribution in [0.15, 0.2) is 24.3 Å². The van der Waals surface area contributed by atoms with Gasteiger partial charge in [-0.1, -0.05) is 0 Å². The Bertz CT molecular complexity index is 1340. The van der Waals surface area contributed by atoms with E-state index >= 15 is 0 Å². The van der Waals surface area contributed by atoms with Gasteiger partial charge in [-0.25, -0.2) is 4.79 Å². The number of nitrogens with zero attached hydrogens (tertiary/aromatic N) is 2. The molecule has 0 aromatic heterocycles. The molecule has 0 bridgehead atoms. The summed E-state index contributed by atoms with van der Waals surface area (Å²) in [6, 6.07) is -0.990. The number of hydrogen-bond donors (Lipinski definition) is 7. The fourth-order valence-electron chi connectivity index (χ4n) is 4.89. The van der Waals surface area contributed by atoms with Crippen molar-refractivity contribution in [3.63, 3.8) is 0 Å². The number of ether oxygens (including phenoxy) is 2. The molecule has 2 heterocycles. The van der Waals surface area contributed by atoms with Gasteiger partial charge < -0.3 is 36.1 Å². The van der Waals surface area contributed by atoms with Gasteiger partial charge in [0.15, 0.2) is 0 Å². The van der Waals surface area contributed by atoms with Gasteiger partial charge in [0.1, 0.15) is 6.04 Å². The summed E-state index contributed by atoms with van der Waals surface area (Å²) in [4.78, 5) is 112. The number of amides is 9. The highest BCUT2D eigenvalue weighted by Crippen LogP contribution is 2.06. The Labute approximate surface area is 307 Å².